The zero-order chi connectivity index (χ0) is 62.5. The smallest absolute Gasteiger partial charge is 0.410 e. The summed E-state index contributed by atoms with van der Waals surface area (Å²) in [5.41, 5.74) is 0.718. The van der Waals surface area contributed by atoms with Crippen LogP contribution in [0.4, 0.5) is 9.59 Å². The first kappa shape index (κ1) is 67.9. The molecule has 0 radical (unpaired) electrons. The van der Waals surface area contributed by atoms with Crippen LogP contribution in [0.1, 0.15) is 138 Å². The quantitative estimate of drug-likeness (QED) is 0.0821. The van der Waals surface area contributed by atoms with Gasteiger partial charge in [0.1, 0.15) is 35.4 Å². The van der Waals surface area contributed by atoms with Crippen LogP contribution in [0.5, 0.6) is 0 Å². The zero-order valence-corrected chi connectivity index (χ0v) is 52.7. The molecule has 7 amide bonds. The minimum absolute atomic E-state index is 0.0850. The van der Waals surface area contributed by atoms with E-state index in [1.165, 1.54) is 28.8 Å². The van der Waals surface area contributed by atoms with Gasteiger partial charge in [0, 0.05) is 65.5 Å². The van der Waals surface area contributed by atoms with Crippen molar-refractivity contribution in [2.24, 2.45) is 16.7 Å². The minimum Gasteiger partial charge on any atom is -0.444 e. The molecule has 3 aromatic carbocycles. The second-order valence-corrected chi connectivity index (χ2v) is 26.7. The van der Waals surface area contributed by atoms with Crippen molar-refractivity contribution in [3.63, 3.8) is 0 Å². The molecule has 3 aromatic rings. The van der Waals surface area contributed by atoms with E-state index in [4.69, 9.17) is 18.9 Å². The Morgan fingerprint density at radius 1 is 0.536 bits per heavy atom. The maximum absolute atomic E-state index is 14.8. The Bertz CT molecular complexity index is 2530. The summed E-state index contributed by atoms with van der Waals surface area (Å²) in [6.45, 7) is 26.0. The first-order valence-electron chi connectivity index (χ1n) is 29.4. The van der Waals surface area contributed by atoms with Crippen LogP contribution >= 0.6 is 0 Å². The Kier molecular flexibility index (Phi) is 23.7. The fraction of sp³-hybridized carbons (Fsp3) is 0.600. The molecular formula is C65H95N7O12. The lowest BCUT2D eigenvalue weighted by Crippen LogP contribution is -2.60. The van der Waals surface area contributed by atoms with Crippen molar-refractivity contribution in [1.29, 1.82) is 0 Å². The molecule has 2 aliphatic heterocycles. The van der Waals surface area contributed by atoms with E-state index >= 15 is 0 Å². The van der Waals surface area contributed by atoms with E-state index in [9.17, 15) is 38.4 Å². The molecule has 2 saturated heterocycles. The zero-order valence-electron chi connectivity index (χ0n) is 52.7. The predicted octanol–water partition coefficient (Wildman–Crippen LogP) is 8.04. The summed E-state index contributed by atoms with van der Waals surface area (Å²) in [5.74, 6) is -3.14. The van der Waals surface area contributed by atoms with Gasteiger partial charge in [0.25, 0.3) is 0 Å². The van der Waals surface area contributed by atoms with Gasteiger partial charge in [-0.3, -0.25) is 33.7 Å². The lowest BCUT2D eigenvalue weighted by atomic mass is 9.76. The lowest BCUT2D eigenvalue weighted by molar-refractivity contribution is -0.146. The van der Waals surface area contributed by atoms with Crippen molar-refractivity contribution in [1.82, 2.24) is 35.6 Å². The third kappa shape index (κ3) is 20.2. The third-order valence-corrected chi connectivity index (χ3v) is 15.3. The molecule has 19 nitrogen and oxygen atoms in total. The van der Waals surface area contributed by atoms with Crippen molar-refractivity contribution in [2.75, 3.05) is 40.3 Å². The van der Waals surface area contributed by atoms with Crippen molar-refractivity contribution in [3.05, 3.63) is 107 Å². The Labute approximate surface area is 498 Å². The fourth-order valence-corrected chi connectivity index (χ4v) is 9.95. The summed E-state index contributed by atoms with van der Waals surface area (Å²) in [4.78, 5) is 117. The summed E-state index contributed by atoms with van der Waals surface area (Å²) in [6, 6.07) is 22.5. The van der Waals surface area contributed by atoms with E-state index < -0.39 is 94.4 Å². The molecule has 0 unspecified atom stereocenters. The number of hydrogen-bond donors (Lipinski definition) is 3. The molecule has 2 fully saturated rings. The molecule has 8 atom stereocenters. The number of carbonyl (C=O) groups is 8. The Morgan fingerprint density at radius 2 is 0.929 bits per heavy atom. The number of likely N-dealkylation sites (tertiary alicyclic amines) is 2. The van der Waals surface area contributed by atoms with Gasteiger partial charge in [-0.1, -0.05) is 126 Å². The van der Waals surface area contributed by atoms with Crippen LogP contribution in [0.25, 0.3) is 0 Å². The molecule has 0 aromatic heterocycles. The van der Waals surface area contributed by atoms with E-state index in [0.717, 1.165) is 22.3 Å². The number of benzene rings is 3. The number of carbonyl (C=O) groups excluding carboxylic acids is 8. The molecule has 5 rings (SSSR count). The first-order valence-corrected chi connectivity index (χ1v) is 29.4. The monoisotopic (exact) mass is 1170 g/mol. The van der Waals surface area contributed by atoms with E-state index in [1.807, 2.05) is 126 Å². The summed E-state index contributed by atoms with van der Waals surface area (Å²) in [5, 5.41) is 8.96. The molecule has 2 heterocycles. The van der Waals surface area contributed by atoms with Crippen molar-refractivity contribution >= 4 is 47.5 Å². The van der Waals surface area contributed by atoms with Gasteiger partial charge >= 0.3 is 12.2 Å². The van der Waals surface area contributed by atoms with Crippen LogP contribution in [-0.4, -0.2) is 161 Å². The average molecular weight is 1170 g/mol. The molecule has 0 saturated carbocycles. The summed E-state index contributed by atoms with van der Waals surface area (Å²) < 4.78 is 23.9. The largest absolute Gasteiger partial charge is 0.444 e. The molecule has 19 heteroatoms. The van der Waals surface area contributed by atoms with Crippen molar-refractivity contribution < 1.29 is 57.3 Å². The second kappa shape index (κ2) is 29.3. The second-order valence-electron chi connectivity index (χ2n) is 26.7. The van der Waals surface area contributed by atoms with Gasteiger partial charge in [0.05, 0.1) is 31.5 Å². The molecule has 0 aliphatic carbocycles. The van der Waals surface area contributed by atoms with Crippen molar-refractivity contribution in [3.8, 4) is 0 Å². The predicted molar refractivity (Wildman–Crippen MR) is 321 cm³/mol. The van der Waals surface area contributed by atoms with E-state index in [0.29, 0.717) is 25.9 Å². The average Bonchev–Trinajstić information content (AvgIpc) is 3.03. The minimum atomic E-state index is -1.07. The van der Waals surface area contributed by atoms with E-state index in [-0.39, 0.29) is 69.1 Å². The summed E-state index contributed by atoms with van der Waals surface area (Å²) in [6.07, 6.45) is -0.918. The highest BCUT2D eigenvalue weighted by Crippen LogP contribution is 2.35. The van der Waals surface area contributed by atoms with Gasteiger partial charge < -0.3 is 49.6 Å². The molecule has 2 aliphatic rings. The normalized spacial score (nSPS) is 18.9. The van der Waals surface area contributed by atoms with Crippen LogP contribution in [0, 0.1) is 16.7 Å². The topological polar surface area (TPSA) is 223 Å². The SMILES string of the molecule is C[C@@H](C(=O)C[C@H](C(=O)N1C[C@@H](OCc2ccc(CO[C@H]3C[C@@H](C(=O)NCCc4ccccc4)N(C(=O)[C@@H](NC(=O)[C@H](C)N(C)C(=O)OC(C)(C)C)C(C)(C)C)C3)cc2)C[C@H]1C(=O)NCCc1ccccc1)C(C)(C)C)N(C)C(=O)OC(C)(C)C. The van der Waals surface area contributed by atoms with Gasteiger partial charge in [-0.2, -0.15) is 0 Å². The molecule has 3 N–H and O–H groups in total. The number of ketones is 1. The summed E-state index contributed by atoms with van der Waals surface area (Å²) >= 11 is 0. The van der Waals surface area contributed by atoms with Gasteiger partial charge in [0.2, 0.25) is 29.5 Å². The van der Waals surface area contributed by atoms with Crippen LogP contribution in [0.3, 0.4) is 0 Å². The fourth-order valence-electron chi connectivity index (χ4n) is 9.95. The number of Topliss-reactive ketones (excluding diaryl/α,β-unsaturated/α-hetero) is 1. The number of amides is 7. The van der Waals surface area contributed by atoms with Gasteiger partial charge in [0.15, 0.2) is 5.78 Å². The number of rotatable bonds is 23. The highest BCUT2D eigenvalue weighted by molar-refractivity contribution is 5.95. The molecule has 462 valence electrons. The molecule has 0 bridgehead atoms. The summed E-state index contributed by atoms with van der Waals surface area (Å²) in [7, 11) is 2.96. The van der Waals surface area contributed by atoms with Crippen LogP contribution in [0.15, 0.2) is 84.9 Å². The third-order valence-electron chi connectivity index (χ3n) is 15.3. The number of ether oxygens (including phenoxy) is 4. The number of nitrogens with zero attached hydrogens (tertiary/aromatic N) is 4. The van der Waals surface area contributed by atoms with Crippen LogP contribution in [-0.2, 0) is 73.8 Å². The molecular weight excluding hydrogens is 1070 g/mol. The number of nitrogens with one attached hydrogen (secondary N) is 3. The van der Waals surface area contributed by atoms with Gasteiger partial charge in [-0.25, -0.2) is 9.59 Å². The number of likely N-dealkylation sites (N-methyl/N-ethyl adjacent to an activating group) is 2. The Balaban J connectivity index is 1.27. The highest BCUT2D eigenvalue weighted by atomic mass is 16.6. The van der Waals surface area contributed by atoms with Crippen molar-refractivity contribution in [2.45, 2.75) is 196 Å². The Hall–Kier alpha value is -6.86. The molecule has 84 heavy (non-hydrogen) atoms. The molecule has 0 spiro atoms. The van der Waals surface area contributed by atoms with Crippen LogP contribution < -0.4 is 16.0 Å². The van der Waals surface area contributed by atoms with Gasteiger partial charge in [-0.15, -0.1) is 0 Å². The van der Waals surface area contributed by atoms with Crippen LogP contribution in [0.2, 0.25) is 0 Å². The van der Waals surface area contributed by atoms with Gasteiger partial charge in [-0.05, 0) is 101 Å². The lowest BCUT2D eigenvalue weighted by Gasteiger charge is -2.36. The maximum Gasteiger partial charge on any atom is 0.410 e. The van der Waals surface area contributed by atoms with E-state index in [1.54, 1.807) is 60.3 Å². The maximum atomic E-state index is 14.8. The number of hydrogen-bond acceptors (Lipinski definition) is 12. The standard InChI is InChI=1S/C65H95N7O12/c1-42(69(15)60(79)83-64(9,10)11)53(73)37-50(62(3,4)5)58(77)71-38-48(35-51(71)56(75)66-33-31-44-23-19-17-20-24-44)81-40-46-27-29-47(30-28-46)41-82-49-36-52(57(76)67-34-32-45-25-21-18-22-26-45)72(39-49)59(78)54(63(6,7)8)68-55(74)43(2)70(16)61(80)84-65(12,13)14/h17-30,42-43,48-52,54H,31-41H2,1-16H3,(H,66,75)(H,67,76)(H,68,74)/t42-,43-,48-,49-,50+,51-,52-,54+/m0/s1. The van der Waals surface area contributed by atoms with E-state index in [2.05, 4.69) is 16.0 Å². The highest BCUT2D eigenvalue weighted by Gasteiger charge is 2.48. The Morgan fingerprint density at radius 3 is 1.31 bits per heavy atom. The first-order chi connectivity index (χ1) is 39.1.